The number of urea groups is 1. The SMILES string of the molecule is O=C(NCc1ccco1)C1CCCN1C(=O)Nc1ccc(Cl)c(C(F)(F)F)c1. The third kappa shape index (κ3) is 4.59. The molecule has 0 saturated carbocycles. The lowest BCUT2D eigenvalue weighted by atomic mass is 10.2. The summed E-state index contributed by atoms with van der Waals surface area (Å²) in [5.41, 5.74) is -1.09. The third-order valence-corrected chi connectivity index (χ3v) is 4.69. The van der Waals surface area contributed by atoms with Crippen LogP contribution in [0, 0.1) is 0 Å². The summed E-state index contributed by atoms with van der Waals surface area (Å²) >= 11 is 5.58. The van der Waals surface area contributed by atoms with Crippen molar-refractivity contribution >= 4 is 29.2 Å². The number of halogens is 4. The minimum Gasteiger partial charge on any atom is -0.467 e. The number of hydrogen-bond donors (Lipinski definition) is 2. The minimum atomic E-state index is -4.64. The molecule has 2 N–H and O–H groups in total. The lowest BCUT2D eigenvalue weighted by molar-refractivity contribution is -0.137. The molecule has 28 heavy (non-hydrogen) atoms. The summed E-state index contributed by atoms with van der Waals surface area (Å²) in [5, 5.41) is 4.64. The van der Waals surface area contributed by atoms with Crippen LogP contribution in [-0.2, 0) is 17.5 Å². The van der Waals surface area contributed by atoms with Crippen molar-refractivity contribution < 1.29 is 27.2 Å². The van der Waals surface area contributed by atoms with Gasteiger partial charge in [-0.15, -0.1) is 0 Å². The zero-order valence-electron chi connectivity index (χ0n) is 14.6. The van der Waals surface area contributed by atoms with Crippen LogP contribution in [0.3, 0.4) is 0 Å². The summed E-state index contributed by atoms with van der Waals surface area (Å²) in [4.78, 5) is 26.2. The van der Waals surface area contributed by atoms with E-state index in [1.165, 1.54) is 17.2 Å². The number of carbonyl (C=O) groups is 2. The van der Waals surface area contributed by atoms with E-state index in [2.05, 4.69) is 10.6 Å². The predicted octanol–water partition coefficient (Wildman–Crippen LogP) is 4.26. The molecule has 150 valence electrons. The van der Waals surface area contributed by atoms with Crippen molar-refractivity contribution in [2.45, 2.75) is 31.6 Å². The fraction of sp³-hybridized carbons (Fsp3) is 0.333. The molecule has 1 aromatic carbocycles. The van der Waals surface area contributed by atoms with E-state index in [0.717, 1.165) is 12.1 Å². The molecule has 3 amide bonds. The monoisotopic (exact) mass is 415 g/mol. The van der Waals surface area contributed by atoms with E-state index in [1.807, 2.05) is 0 Å². The van der Waals surface area contributed by atoms with Crippen LogP contribution in [0.2, 0.25) is 5.02 Å². The molecule has 1 aliphatic rings. The number of anilines is 1. The van der Waals surface area contributed by atoms with Gasteiger partial charge in [-0.05, 0) is 43.2 Å². The quantitative estimate of drug-likeness (QED) is 0.783. The molecule has 0 radical (unpaired) electrons. The van der Waals surface area contributed by atoms with Gasteiger partial charge in [-0.2, -0.15) is 13.2 Å². The Labute approximate surface area is 163 Å². The van der Waals surface area contributed by atoms with Gasteiger partial charge in [0, 0.05) is 12.2 Å². The van der Waals surface area contributed by atoms with Gasteiger partial charge in [-0.1, -0.05) is 11.6 Å². The van der Waals surface area contributed by atoms with Gasteiger partial charge in [0.2, 0.25) is 5.91 Å². The number of benzene rings is 1. The van der Waals surface area contributed by atoms with Crippen molar-refractivity contribution in [3.8, 4) is 0 Å². The standard InChI is InChI=1S/C18H17ClF3N3O3/c19-14-6-5-11(9-13(14)18(20,21)22)24-17(27)25-7-1-4-15(25)16(26)23-10-12-3-2-8-28-12/h2-3,5-6,8-9,15H,1,4,7,10H2,(H,23,26)(H,24,27). The molecule has 3 rings (SSSR count). The van der Waals surface area contributed by atoms with E-state index in [1.54, 1.807) is 12.1 Å². The van der Waals surface area contributed by atoms with Gasteiger partial charge in [0.15, 0.2) is 0 Å². The first-order chi connectivity index (χ1) is 13.3. The van der Waals surface area contributed by atoms with E-state index in [9.17, 15) is 22.8 Å². The molecule has 2 aromatic rings. The molecule has 1 unspecified atom stereocenters. The second-order valence-electron chi connectivity index (χ2n) is 6.27. The molecular weight excluding hydrogens is 399 g/mol. The molecular formula is C18H17ClF3N3O3. The molecule has 1 fully saturated rings. The normalized spacial score (nSPS) is 16.9. The Balaban J connectivity index is 1.65. The lowest BCUT2D eigenvalue weighted by Crippen LogP contribution is -2.47. The maximum Gasteiger partial charge on any atom is 0.417 e. The summed E-state index contributed by atoms with van der Waals surface area (Å²) in [6, 6.07) is 5.16. The number of nitrogens with zero attached hydrogens (tertiary/aromatic N) is 1. The fourth-order valence-electron chi connectivity index (χ4n) is 3.00. The molecule has 0 aliphatic carbocycles. The zero-order chi connectivity index (χ0) is 20.3. The maximum atomic E-state index is 13.0. The van der Waals surface area contributed by atoms with E-state index in [4.69, 9.17) is 16.0 Å². The molecule has 1 aromatic heterocycles. The van der Waals surface area contributed by atoms with Crippen LogP contribution in [0.15, 0.2) is 41.0 Å². The van der Waals surface area contributed by atoms with Gasteiger partial charge < -0.3 is 20.0 Å². The average molecular weight is 416 g/mol. The molecule has 10 heteroatoms. The van der Waals surface area contributed by atoms with Crippen molar-refractivity contribution in [2.75, 3.05) is 11.9 Å². The van der Waals surface area contributed by atoms with Crippen molar-refractivity contribution in [3.05, 3.63) is 52.9 Å². The third-order valence-electron chi connectivity index (χ3n) is 4.36. The number of alkyl halides is 3. The molecule has 6 nitrogen and oxygen atoms in total. The first kappa shape index (κ1) is 20.1. The Morgan fingerprint density at radius 3 is 2.75 bits per heavy atom. The van der Waals surface area contributed by atoms with Crippen LogP contribution < -0.4 is 10.6 Å². The Hall–Kier alpha value is -2.68. The molecule has 2 heterocycles. The lowest BCUT2D eigenvalue weighted by Gasteiger charge is -2.24. The summed E-state index contributed by atoms with van der Waals surface area (Å²) < 4.78 is 44.0. The summed E-state index contributed by atoms with van der Waals surface area (Å²) in [6.07, 6.45) is -2.08. The highest BCUT2D eigenvalue weighted by Crippen LogP contribution is 2.36. The van der Waals surface area contributed by atoms with Gasteiger partial charge >= 0.3 is 12.2 Å². The predicted molar refractivity (Wildman–Crippen MR) is 95.8 cm³/mol. The Bertz CT molecular complexity index is 856. The van der Waals surface area contributed by atoms with Gasteiger partial charge in [-0.25, -0.2) is 4.79 Å². The van der Waals surface area contributed by atoms with E-state index in [0.29, 0.717) is 25.1 Å². The average Bonchev–Trinajstić information content (AvgIpc) is 3.32. The number of likely N-dealkylation sites (tertiary alicyclic amines) is 1. The van der Waals surface area contributed by atoms with Gasteiger partial charge in [-0.3, -0.25) is 4.79 Å². The highest BCUT2D eigenvalue weighted by atomic mass is 35.5. The Morgan fingerprint density at radius 1 is 1.29 bits per heavy atom. The molecule has 1 aliphatic heterocycles. The van der Waals surface area contributed by atoms with Crippen LogP contribution in [-0.4, -0.2) is 29.4 Å². The zero-order valence-corrected chi connectivity index (χ0v) is 15.3. The number of nitrogens with one attached hydrogen (secondary N) is 2. The number of furan rings is 1. The van der Waals surface area contributed by atoms with Crippen LogP contribution in [0.25, 0.3) is 0 Å². The van der Waals surface area contributed by atoms with E-state index in [-0.39, 0.29) is 18.1 Å². The number of carbonyl (C=O) groups excluding carboxylic acids is 2. The number of amides is 3. The highest BCUT2D eigenvalue weighted by Gasteiger charge is 2.35. The van der Waals surface area contributed by atoms with Crippen molar-refractivity contribution in [1.29, 1.82) is 0 Å². The van der Waals surface area contributed by atoms with Crippen LogP contribution >= 0.6 is 11.6 Å². The van der Waals surface area contributed by atoms with Crippen molar-refractivity contribution in [2.24, 2.45) is 0 Å². The van der Waals surface area contributed by atoms with Gasteiger partial charge in [0.05, 0.1) is 23.4 Å². The molecule has 0 spiro atoms. The van der Waals surface area contributed by atoms with E-state index >= 15 is 0 Å². The van der Waals surface area contributed by atoms with Crippen LogP contribution in [0.5, 0.6) is 0 Å². The first-order valence-corrected chi connectivity index (χ1v) is 8.88. The second kappa shape index (κ2) is 8.14. The largest absolute Gasteiger partial charge is 0.467 e. The fourth-order valence-corrected chi connectivity index (χ4v) is 3.23. The molecule has 1 saturated heterocycles. The first-order valence-electron chi connectivity index (χ1n) is 8.50. The number of hydrogen-bond acceptors (Lipinski definition) is 3. The molecule has 1 atom stereocenters. The molecule has 0 bridgehead atoms. The van der Waals surface area contributed by atoms with Crippen LogP contribution in [0.1, 0.15) is 24.2 Å². The highest BCUT2D eigenvalue weighted by molar-refractivity contribution is 6.31. The minimum absolute atomic E-state index is 0.0524. The van der Waals surface area contributed by atoms with E-state index < -0.39 is 28.8 Å². The van der Waals surface area contributed by atoms with Gasteiger partial charge in [0.25, 0.3) is 0 Å². The van der Waals surface area contributed by atoms with Crippen molar-refractivity contribution in [1.82, 2.24) is 10.2 Å². The Morgan fingerprint density at radius 2 is 2.07 bits per heavy atom. The second-order valence-corrected chi connectivity index (χ2v) is 6.68. The summed E-state index contributed by atoms with van der Waals surface area (Å²) in [7, 11) is 0. The van der Waals surface area contributed by atoms with Crippen LogP contribution in [0.4, 0.5) is 23.7 Å². The smallest absolute Gasteiger partial charge is 0.417 e. The van der Waals surface area contributed by atoms with Crippen molar-refractivity contribution in [3.63, 3.8) is 0 Å². The Kier molecular flexibility index (Phi) is 5.83. The summed E-state index contributed by atoms with van der Waals surface area (Å²) in [5.74, 6) is 0.222. The van der Waals surface area contributed by atoms with Gasteiger partial charge in [0.1, 0.15) is 11.8 Å². The summed E-state index contributed by atoms with van der Waals surface area (Å²) in [6.45, 7) is 0.508. The maximum absolute atomic E-state index is 13.0. The number of rotatable bonds is 4. The topological polar surface area (TPSA) is 74.6 Å².